The van der Waals surface area contributed by atoms with E-state index < -0.39 is 0 Å². The van der Waals surface area contributed by atoms with Gasteiger partial charge in [-0.25, -0.2) is 0 Å². The monoisotopic (exact) mass is 129 g/mol. The van der Waals surface area contributed by atoms with Crippen molar-refractivity contribution in [1.82, 2.24) is 10.2 Å². The molecule has 1 radical (unpaired) electrons. The number of aromatic amines is 1. The molecule has 0 aromatic carbocycles. The summed E-state index contributed by atoms with van der Waals surface area (Å²) in [6.07, 6.45) is 3.54. The number of rotatable bonds is 2. The SMILES string of the molecule is ClCCc1c[c][nH]n1. The molecule has 0 aliphatic carbocycles. The van der Waals surface area contributed by atoms with E-state index in [4.69, 9.17) is 11.6 Å². The van der Waals surface area contributed by atoms with Gasteiger partial charge < -0.3 is 0 Å². The number of halogens is 1. The molecule has 1 aromatic rings. The van der Waals surface area contributed by atoms with Crippen LogP contribution >= 0.6 is 11.6 Å². The second-order valence-electron chi connectivity index (χ2n) is 1.44. The third-order valence-electron chi connectivity index (χ3n) is 0.853. The third kappa shape index (κ3) is 1.23. The van der Waals surface area contributed by atoms with E-state index in [2.05, 4.69) is 16.4 Å². The van der Waals surface area contributed by atoms with Crippen LogP contribution in [0.3, 0.4) is 0 Å². The highest BCUT2D eigenvalue weighted by Crippen LogP contribution is 1.92. The summed E-state index contributed by atoms with van der Waals surface area (Å²) in [4.78, 5) is 0. The first-order valence-corrected chi connectivity index (χ1v) is 2.93. The predicted octanol–water partition coefficient (Wildman–Crippen LogP) is 0.991. The van der Waals surface area contributed by atoms with Gasteiger partial charge in [0, 0.05) is 12.3 Å². The van der Waals surface area contributed by atoms with Crippen LogP contribution in [0.1, 0.15) is 5.69 Å². The van der Waals surface area contributed by atoms with E-state index in [1.165, 1.54) is 0 Å². The van der Waals surface area contributed by atoms with Gasteiger partial charge in [-0.1, -0.05) is 0 Å². The van der Waals surface area contributed by atoms with Crippen molar-refractivity contribution in [3.8, 4) is 0 Å². The van der Waals surface area contributed by atoms with E-state index >= 15 is 0 Å². The third-order valence-corrected chi connectivity index (χ3v) is 1.04. The van der Waals surface area contributed by atoms with E-state index in [1.807, 2.05) is 0 Å². The first-order valence-electron chi connectivity index (χ1n) is 2.40. The minimum Gasteiger partial charge on any atom is -0.276 e. The number of aryl methyl sites for hydroxylation is 1. The number of alkyl halides is 1. The molecule has 2 nitrogen and oxygen atoms in total. The van der Waals surface area contributed by atoms with Crippen LogP contribution in [-0.4, -0.2) is 16.1 Å². The van der Waals surface area contributed by atoms with Crippen molar-refractivity contribution >= 4 is 11.6 Å². The minimum atomic E-state index is 0.624. The Kier molecular flexibility index (Phi) is 1.92. The van der Waals surface area contributed by atoms with Crippen LogP contribution in [-0.2, 0) is 6.42 Å². The fourth-order valence-corrected chi connectivity index (χ4v) is 0.670. The number of nitrogens with zero attached hydrogens (tertiary/aromatic N) is 1. The number of hydrogen-bond donors (Lipinski definition) is 1. The summed E-state index contributed by atoms with van der Waals surface area (Å²) in [7, 11) is 0. The van der Waals surface area contributed by atoms with Gasteiger partial charge in [-0.15, -0.1) is 11.6 Å². The first kappa shape index (κ1) is 5.63. The van der Waals surface area contributed by atoms with E-state index in [0.717, 1.165) is 12.1 Å². The number of nitrogens with one attached hydrogen (secondary N) is 1. The summed E-state index contributed by atoms with van der Waals surface area (Å²) in [6, 6.07) is 1.79. The molecule has 0 amide bonds. The van der Waals surface area contributed by atoms with Gasteiger partial charge in [-0.3, -0.25) is 5.10 Å². The van der Waals surface area contributed by atoms with Gasteiger partial charge in [0.1, 0.15) is 0 Å². The number of aromatic nitrogens is 2. The molecule has 3 heteroatoms. The lowest BCUT2D eigenvalue weighted by Gasteiger charge is -1.82. The molecule has 0 aliphatic heterocycles. The lowest BCUT2D eigenvalue weighted by molar-refractivity contribution is 0.976. The lowest BCUT2D eigenvalue weighted by atomic mass is 10.3. The van der Waals surface area contributed by atoms with E-state index in [1.54, 1.807) is 6.07 Å². The quantitative estimate of drug-likeness (QED) is 0.593. The molecule has 8 heavy (non-hydrogen) atoms. The minimum absolute atomic E-state index is 0.624. The molecule has 1 aromatic heterocycles. The van der Waals surface area contributed by atoms with Crippen LogP contribution in [0.2, 0.25) is 0 Å². The van der Waals surface area contributed by atoms with Crippen LogP contribution < -0.4 is 0 Å². The smallest absolute Gasteiger partial charge is 0.0831 e. The normalized spacial score (nSPS) is 9.62. The maximum absolute atomic E-state index is 5.43. The van der Waals surface area contributed by atoms with Gasteiger partial charge in [-0.05, 0) is 6.07 Å². The molecule has 0 atom stereocenters. The van der Waals surface area contributed by atoms with Gasteiger partial charge in [0.15, 0.2) is 0 Å². The molecule has 0 saturated carbocycles. The molecule has 0 spiro atoms. The topological polar surface area (TPSA) is 28.7 Å². The van der Waals surface area contributed by atoms with Crippen molar-refractivity contribution in [2.45, 2.75) is 6.42 Å². The fourth-order valence-electron chi connectivity index (χ4n) is 0.477. The van der Waals surface area contributed by atoms with E-state index in [0.29, 0.717) is 5.88 Å². The van der Waals surface area contributed by atoms with Crippen molar-refractivity contribution < 1.29 is 0 Å². The van der Waals surface area contributed by atoms with Gasteiger partial charge in [0.25, 0.3) is 0 Å². The molecule has 0 saturated heterocycles. The molecule has 0 bridgehead atoms. The summed E-state index contributed by atoms with van der Waals surface area (Å²) in [5.74, 6) is 0.624. The lowest BCUT2D eigenvalue weighted by Crippen LogP contribution is -1.84. The van der Waals surface area contributed by atoms with E-state index in [9.17, 15) is 0 Å². The average molecular weight is 130 g/mol. The highest BCUT2D eigenvalue weighted by Gasteiger charge is 1.89. The van der Waals surface area contributed by atoms with Crippen LogP contribution in [0.5, 0.6) is 0 Å². The van der Waals surface area contributed by atoms with Crippen molar-refractivity contribution in [3.05, 3.63) is 18.0 Å². The fraction of sp³-hybridized carbons (Fsp3) is 0.400. The Morgan fingerprint density at radius 2 is 2.75 bits per heavy atom. The second-order valence-corrected chi connectivity index (χ2v) is 1.82. The Morgan fingerprint density at radius 3 is 3.25 bits per heavy atom. The number of hydrogen-bond acceptors (Lipinski definition) is 1. The summed E-state index contributed by atoms with van der Waals surface area (Å²) in [5.41, 5.74) is 0.972. The van der Waals surface area contributed by atoms with Crippen molar-refractivity contribution in [1.29, 1.82) is 0 Å². The Balaban J connectivity index is 2.50. The number of H-pyrrole nitrogens is 1. The van der Waals surface area contributed by atoms with Gasteiger partial charge in [0.2, 0.25) is 0 Å². The van der Waals surface area contributed by atoms with Crippen LogP contribution in [0.15, 0.2) is 6.07 Å². The summed E-state index contributed by atoms with van der Waals surface area (Å²) in [5, 5.41) is 6.42. The zero-order valence-corrected chi connectivity index (χ0v) is 5.07. The Labute approximate surface area is 52.9 Å². The molecule has 1 N–H and O–H groups in total. The van der Waals surface area contributed by atoms with Crippen molar-refractivity contribution in [2.75, 3.05) is 5.88 Å². The molecule has 0 unspecified atom stereocenters. The maximum atomic E-state index is 5.43. The van der Waals surface area contributed by atoms with Gasteiger partial charge in [0.05, 0.1) is 11.9 Å². The van der Waals surface area contributed by atoms with Crippen molar-refractivity contribution in [3.63, 3.8) is 0 Å². The zero-order valence-electron chi connectivity index (χ0n) is 4.32. The van der Waals surface area contributed by atoms with Gasteiger partial charge >= 0.3 is 0 Å². The summed E-state index contributed by atoms with van der Waals surface area (Å²) in [6.45, 7) is 0. The van der Waals surface area contributed by atoms with Gasteiger partial charge in [-0.2, -0.15) is 5.10 Å². The van der Waals surface area contributed by atoms with E-state index in [-0.39, 0.29) is 0 Å². The Hall–Kier alpha value is -0.500. The molecule has 43 valence electrons. The molecular formula is C5H6ClN2. The molecular weight excluding hydrogens is 124 g/mol. The average Bonchev–Trinajstić information content (AvgIpc) is 2.19. The molecule has 0 aliphatic rings. The second kappa shape index (κ2) is 2.72. The zero-order chi connectivity index (χ0) is 5.82. The summed E-state index contributed by atoms with van der Waals surface area (Å²) < 4.78 is 0. The highest BCUT2D eigenvalue weighted by atomic mass is 35.5. The molecule has 0 fully saturated rings. The maximum Gasteiger partial charge on any atom is 0.0831 e. The van der Waals surface area contributed by atoms with Crippen LogP contribution in [0, 0.1) is 6.20 Å². The molecule has 1 heterocycles. The Bertz CT molecular complexity index is 136. The standard InChI is InChI=1S/C5H6ClN2/c6-3-1-5-2-4-7-8-5/h2H,1,3H2,(H,7,8). The van der Waals surface area contributed by atoms with Crippen LogP contribution in [0.25, 0.3) is 0 Å². The van der Waals surface area contributed by atoms with Crippen LogP contribution in [0.4, 0.5) is 0 Å². The Morgan fingerprint density at radius 1 is 1.88 bits per heavy atom. The largest absolute Gasteiger partial charge is 0.276 e. The first-order chi connectivity index (χ1) is 3.93. The highest BCUT2D eigenvalue weighted by molar-refractivity contribution is 6.17. The summed E-state index contributed by atoms with van der Waals surface area (Å²) >= 11 is 5.43. The molecule has 1 rings (SSSR count). The van der Waals surface area contributed by atoms with Crippen molar-refractivity contribution in [2.24, 2.45) is 0 Å². The predicted molar refractivity (Wildman–Crippen MR) is 31.8 cm³/mol.